The minimum atomic E-state index is -0.968. The normalized spacial score (nSPS) is 21.8. The summed E-state index contributed by atoms with van der Waals surface area (Å²) in [6.07, 6.45) is 4.44. The van der Waals surface area contributed by atoms with Gasteiger partial charge in [0.05, 0.1) is 12.5 Å². The fraction of sp³-hybridized carbons (Fsp3) is 0.833. The third-order valence-corrected chi connectivity index (χ3v) is 2.90. The van der Waals surface area contributed by atoms with Crippen LogP contribution in [0.2, 0.25) is 0 Å². The first-order valence-corrected chi connectivity index (χ1v) is 6.27. The van der Waals surface area contributed by atoms with Gasteiger partial charge in [-0.15, -0.1) is 0 Å². The second-order valence-electron chi connectivity index (χ2n) is 4.44. The lowest BCUT2D eigenvalue weighted by Crippen LogP contribution is -2.42. The third-order valence-electron chi connectivity index (χ3n) is 2.90. The Bertz CT molecular complexity index is 261. The number of carboxylic acid groups (broad SMARTS) is 1. The summed E-state index contributed by atoms with van der Waals surface area (Å²) in [5.41, 5.74) is 0. The quantitative estimate of drug-likeness (QED) is 0.737. The largest absolute Gasteiger partial charge is 0.480 e. The molecule has 2 atom stereocenters. The molecule has 5 heteroatoms. The molecule has 2 N–H and O–H groups in total. The Balaban J connectivity index is 2.33. The molecular formula is C12H21NO4. The first kappa shape index (κ1) is 14.0. The van der Waals surface area contributed by atoms with E-state index < -0.39 is 12.0 Å². The van der Waals surface area contributed by atoms with Crippen molar-refractivity contribution in [2.75, 3.05) is 6.61 Å². The smallest absolute Gasteiger partial charge is 0.326 e. The van der Waals surface area contributed by atoms with Crippen molar-refractivity contribution in [3.05, 3.63) is 0 Å². The van der Waals surface area contributed by atoms with E-state index in [1.807, 2.05) is 6.92 Å². The molecule has 98 valence electrons. The van der Waals surface area contributed by atoms with E-state index in [1.54, 1.807) is 0 Å². The van der Waals surface area contributed by atoms with Crippen molar-refractivity contribution in [3.8, 4) is 0 Å². The zero-order valence-electron chi connectivity index (χ0n) is 10.3. The zero-order chi connectivity index (χ0) is 12.7. The SMILES string of the molecule is CCC[C@H](NC(=O)CC1CCCCO1)C(=O)O. The zero-order valence-corrected chi connectivity index (χ0v) is 10.3. The number of carbonyl (C=O) groups excluding carboxylic acids is 1. The summed E-state index contributed by atoms with van der Waals surface area (Å²) in [6, 6.07) is -0.768. The molecule has 1 amide bonds. The standard InChI is InChI=1S/C12H21NO4/c1-2-5-10(12(15)16)13-11(14)8-9-6-3-4-7-17-9/h9-10H,2-8H2,1H3,(H,13,14)(H,15,16)/t9?,10-/m0/s1. The van der Waals surface area contributed by atoms with Crippen molar-refractivity contribution in [1.29, 1.82) is 0 Å². The number of hydrogen-bond acceptors (Lipinski definition) is 3. The summed E-state index contributed by atoms with van der Waals surface area (Å²) >= 11 is 0. The predicted octanol–water partition coefficient (Wildman–Crippen LogP) is 1.32. The van der Waals surface area contributed by atoms with E-state index in [-0.39, 0.29) is 18.4 Å². The average Bonchev–Trinajstić information content (AvgIpc) is 2.29. The van der Waals surface area contributed by atoms with Crippen molar-refractivity contribution in [3.63, 3.8) is 0 Å². The first-order valence-electron chi connectivity index (χ1n) is 6.27. The lowest BCUT2D eigenvalue weighted by molar-refractivity contribution is -0.142. The van der Waals surface area contributed by atoms with Crippen LogP contribution in [-0.4, -0.2) is 35.7 Å². The summed E-state index contributed by atoms with van der Waals surface area (Å²) in [5, 5.41) is 11.5. The molecule has 0 spiro atoms. The van der Waals surface area contributed by atoms with Gasteiger partial charge in [0.2, 0.25) is 5.91 Å². The highest BCUT2D eigenvalue weighted by atomic mass is 16.5. The molecule has 1 aliphatic heterocycles. The molecule has 0 aromatic rings. The number of carboxylic acids is 1. The average molecular weight is 243 g/mol. The monoisotopic (exact) mass is 243 g/mol. The van der Waals surface area contributed by atoms with E-state index in [1.165, 1.54) is 0 Å². The summed E-state index contributed by atoms with van der Waals surface area (Å²) in [7, 11) is 0. The van der Waals surface area contributed by atoms with Gasteiger partial charge < -0.3 is 15.2 Å². The van der Waals surface area contributed by atoms with E-state index in [2.05, 4.69) is 5.32 Å². The van der Waals surface area contributed by atoms with Crippen molar-refractivity contribution in [2.45, 2.75) is 57.6 Å². The second-order valence-corrected chi connectivity index (χ2v) is 4.44. The Hall–Kier alpha value is -1.10. The molecule has 1 rings (SSSR count). The molecular weight excluding hydrogens is 222 g/mol. The van der Waals surface area contributed by atoms with Crippen molar-refractivity contribution < 1.29 is 19.4 Å². The van der Waals surface area contributed by atoms with Crippen molar-refractivity contribution >= 4 is 11.9 Å². The number of ether oxygens (including phenoxy) is 1. The van der Waals surface area contributed by atoms with Gasteiger partial charge in [0.15, 0.2) is 0 Å². The molecule has 0 aliphatic carbocycles. The van der Waals surface area contributed by atoms with Crippen molar-refractivity contribution in [1.82, 2.24) is 5.32 Å². The highest BCUT2D eigenvalue weighted by Gasteiger charge is 2.22. The predicted molar refractivity (Wildman–Crippen MR) is 62.7 cm³/mol. The van der Waals surface area contributed by atoms with Crippen LogP contribution in [-0.2, 0) is 14.3 Å². The Morgan fingerprint density at radius 1 is 1.47 bits per heavy atom. The molecule has 1 aliphatic rings. The van der Waals surface area contributed by atoms with Crippen molar-refractivity contribution in [2.24, 2.45) is 0 Å². The second kappa shape index (κ2) is 7.27. The van der Waals surface area contributed by atoms with Gasteiger partial charge >= 0.3 is 5.97 Å². The van der Waals surface area contributed by atoms with E-state index in [0.717, 1.165) is 25.7 Å². The van der Waals surface area contributed by atoms with Gasteiger partial charge in [-0.2, -0.15) is 0 Å². The van der Waals surface area contributed by atoms with Crippen LogP contribution < -0.4 is 5.32 Å². The maximum atomic E-state index is 11.6. The molecule has 0 bridgehead atoms. The van der Waals surface area contributed by atoms with Gasteiger partial charge in [0, 0.05) is 6.61 Å². The van der Waals surface area contributed by atoms with E-state index >= 15 is 0 Å². The Kier molecular flexibility index (Phi) is 5.97. The number of hydrogen-bond donors (Lipinski definition) is 2. The van der Waals surface area contributed by atoms with Crippen LogP contribution in [0, 0.1) is 0 Å². The molecule has 0 radical (unpaired) electrons. The van der Waals surface area contributed by atoms with Crippen LogP contribution in [0.5, 0.6) is 0 Å². The Morgan fingerprint density at radius 2 is 2.24 bits per heavy atom. The molecule has 0 aromatic carbocycles. The third kappa shape index (κ3) is 5.17. The van der Waals surface area contributed by atoms with Gasteiger partial charge in [-0.05, 0) is 25.7 Å². The highest BCUT2D eigenvalue weighted by Crippen LogP contribution is 2.15. The fourth-order valence-corrected chi connectivity index (χ4v) is 1.97. The molecule has 1 fully saturated rings. The molecule has 0 saturated carbocycles. The molecule has 1 saturated heterocycles. The van der Waals surface area contributed by atoms with Gasteiger partial charge in [0.1, 0.15) is 6.04 Å². The summed E-state index contributed by atoms with van der Waals surface area (Å²) in [4.78, 5) is 22.5. The minimum absolute atomic E-state index is 0.0418. The number of nitrogens with one attached hydrogen (secondary N) is 1. The van der Waals surface area contributed by atoms with Gasteiger partial charge in [0.25, 0.3) is 0 Å². The number of rotatable bonds is 6. The Morgan fingerprint density at radius 3 is 2.76 bits per heavy atom. The summed E-state index contributed by atoms with van der Waals surface area (Å²) < 4.78 is 5.44. The number of carbonyl (C=O) groups is 2. The van der Waals surface area contributed by atoms with Gasteiger partial charge in [-0.1, -0.05) is 13.3 Å². The van der Waals surface area contributed by atoms with Crippen LogP contribution in [0.3, 0.4) is 0 Å². The van der Waals surface area contributed by atoms with E-state index in [9.17, 15) is 9.59 Å². The molecule has 0 aromatic heterocycles. The van der Waals surface area contributed by atoms with E-state index in [4.69, 9.17) is 9.84 Å². The Labute approximate surface area is 102 Å². The minimum Gasteiger partial charge on any atom is -0.480 e. The number of aliphatic carboxylic acids is 1. The van der Waals surface area contributed by atoms with Crippen LogP contribution in [0.25, 0.3) is 0 Å². The molecule has 5 nitrogen and oxygen atoms in total. The molecule has 17 heavy (non-hydrogen) atoms. The van der Waals surface area contributed by atoms with Crippen LogP contribution >= 0.6 is 0 Å². The van der Waals surface area contributed by atoms with Gasteiger partial charge in [-0.25, -0.2) is 4.79 Å². The first-order chi connectivity index (χ1) is 8.13. The van der Waals surface area contributed by atoms with Crippen LogP contribution in [0.1, 0.15) is 45.4 Å². The maximum absolute atomic E-state index is 11.6. The number of amides is 1. The van der Waals surface area contributed by atoms with Crippen LogP contribution in [0.15, 0.2) is 0 Å². The fourth-order valence-electron chi connectivity index (χ4n) is 1.97. The summed E-state index contributed by atoms with van der Waals surface area (Å²) in [5.74, 6) is -1.19. The molecule has 1 unspecified atom stereocenters. The molecule has 1 heterocycles. The lowest BCUT2D eigenvalue weighted by atomic mass is 10.1. The van der Waals surface area contributed by atoms with Gasteiger partial charge in [-0.3, -0.25) is 4.79 Å². The lowest BCUT2D eigenvalue weighted by Gasteiger charge is -2.22. The maximum Gasteiger partial charge on any atom is 0.326 e. The van der Waals surface area contributed by atoms with E-state index in [0.29, 0.717) is 13.0 Å². The highest BCUT2D eigenvalue weighted by molar-refractivity contribution is 5.83. The van der Waals surface area contributed by atoms with Crippen LogP contribution in [0.4, 0.5) is 0 Å². The summed E-state index contributed by atoms with van der Waals surface area (Å²) in [6.45, 7) is 2.60. The topological polar surface area (TPSA) is 75.6 Å².